The van der Waals surface area contributed by atoms with Gasteiger partial charge in [0.1, 0.15) is 0 Å². The Morgan fingerprint density at radius 2 is 2.12 bits per heavy atom. The lowest BCUT2D eigenvalue weighted by Crippen LogP contribution is -2.11. The monoisotopic (exact) mass is 226 g/mol. The Morgan fingerprint density at radius 3 is 2.69 bits per heavy atom. The summed E-state index contributed by atoms with van der Waals surface area (Å²) in [4.78, 5) is 8.13. The van der Waals surface area contributed by atoms with Crippen molar-refractivity contribution in [3.05, 3.63) is 18.1 Å². The van der Waals surface area contributed by atoms with Gasteiger partial charge in [0.05, 0.1) is 44.0 Å². The van der Waals surface area contributed by atoms with Crippen LogP contribution in [0.4, 0.5) is 5.82 Å². The van der Waals surface area contributed by atoms with Gasteiger partial charge in [-0.05, 0) is 13.8 Å². The van der Waals surface area contributed by atoms with Gasteiger partial charge < -0.3 is 14.9 Å². The lowest BCUT2D eigenvalue weighted by molar-refractivity contribution is 0.0135. The van der Waals surface area contributed by atoms with Crippen LogP contribution in [0.1, 0.15) is 19.5 Å². The Morgan fingerprint density at radius 1 is 1.31 bits per heavy atom. The van der Waals surface area contributed by atoms with Gasteiger partial charge in [-0.15, -0.1) is 0 Å². The van der Waals surface area contributed by atoms with Crippen molar-refractivity contribution in [2.24, 2.45) is 5.84 Å². The van der Waals surface area contributed by atoms with Crippen LogP contribution in [0.5, 0.6) is 0 Å². The average molecular weight is 226 g/mol. The maximum absolute atomic E-state index is 5.36. The molecule has 3 N–H and O–H groups in total. The molecular weight excluding hydrogens is 208 g/mol. The van der Waals surface area contributed by atoms with E-state index in [2.05, 4.69) is 15.4 Å². The van der Waals surface area contributed by atoms with Gasteiger partial charge in [-0.25, -0.2) is 10.8 Å². The fourth-order valence-corrected chi connectivity index (χ4v) is 1.02. The lowest BCUT2D eigenvalue weighted by atomic mass is 10.5. The first-order chi connectivity index (χ1) is 7.72. The molecule has 0 aromatic carbocycles. The minimum Gasteiger partial charge on any atom is -0.376 e. The Balaban J connectivity index is 2.16. The molecule has 0 aliphatic heterocycles. The van der Waals surface area contributed by atoms with Gasteiger partial charge in [-0.3, -0.25) is 4.98 Å². The standard InChI is InChI=1S/C10H18N4O2/c1-8(2)16-4-3-15-7-9-5-13-10(14-11)6-12-9/h5-6,8H,3-4,7,11H2,1-2H3,(H,13,14). The van der Waals surface area contributed by atoms with Crippen molar-refractivity contribution in [1.82, 2.24) is 9.97 Å². The molecule has 0 amide bonds. The molecule has 0 saturated carbocycles. The van der Waals surface area contributed by atoms with Crippen LogP contribution < -0.4 is 11.3 Å². The maximum Gasteiger partial charge on any atom is 0.158 e. The van der Waals surface area contributed by atoms with Crippen LogP contribution in [0.15, 0.2) is 12.4 Å². The van der Waals surface area contributed by atoms with E-state index >= 15 is 0 Å². The number of hydrazine groups is 1. The third-order valence-corrected chi connectivity index (χ3v) is 1.78. The number of ether oxygens (including phenoxy) is 2. The molecule has 0 saturated heterocycles. The third kappa shape index (κ3) is 5.01. The van der Waals surface area contributed by atoms with Gasteiger partial charge in [0.15, 0.2) is 5.82 Å². The minimum absolute atomic E-state index is 0.235. The van der Waals surface area contributed by atoms with Crippen LogP contribution in [-0.4, -0.2) is 29.3 Å². The van der Waals surface area contributed by atoms with Gasteiger partial charge in [-0.1, -0.05) is 0 Å². The number of nitrogens with zero attached hydrogens (tertiary/aromatic N) is 2. The zero-order valence-electron chi connectivity index (χ0n) is 9.64. The smallest absolute Gasteiger partial charge is 0.158 e. The predicted octanol–water partition coefficient (Wildman–Crippen LogP) is 0.704. The quantitative estimate of drug-likeness (QED) is 0.404. The molecule has 1 rings (SSSR count). The topological polar surface area (TPSA) is 82.3 Å². The highest BCUT2D eigenvalue weighted by molar-refractivity contribution is 5.28. The summed E-state index contributed by atoms with van der Waals surface area (Å²) in [6, 6.07) is 0. The first-order valence-corrected chi connectivity index (χ1v) is 5.19. The first-order valence-electron chi connectivity index (χ1n) is 5.19. The Bertz CT molecular complexity index is 289. The van der Waals surface area contributed by atoms with E-state index in [-0.39, 0.29) is 6.10 Å². The lowest BCUT2D eigenvalue weighted by Gasteiger charge is -2.07. The van der Waals surface area contributed by atoms with Gasteiger partial charge in [0.2, 0.25) is 0 Å². The summed E-state index contributed by atoms with van der Waals surface area (Å²) in [5.41, 5.74) is 3.18. The molecule has 6 nitrogen and oxygen atoms in total. The van der Waals surface area contributed by atoms with Crippen LogP contribution in [-0.2, 0) is 16.1 Å². The molecule has 0 unspecified atom stereocenters. The van der Waals surface area contributed by atoms with Gasteiger partial charge in [0.25, 0.3) is 0 Å². The number of hydrogen-bond donors (Lipinski definition) is 2. The number of rotatable bonds is 7. The van der Waals surface area contributed by atoms with Crippen molar-refractivity contribution in [2.45, 2.75) is 26.6 Å². The number of aromatic nitrogens is 2. The number of nitrogens with one attached hydrogen (secondary N) is 1. The summed E-state index contributed by atoms with van der Waals surface area (Å²) in [5, 5.41) is 0. The summed E-state index contributed by atoms with van der Waals surface area (Å²) < 4.78 is 10.7. The fourth-order valence-electron chi connectivity index (χ4n) is 1.02. The Kier molecular flexibility index (Phi) is 5.69. The van der Waals surface area contributed by atoms with Crippen molar-refractivity contribution < 1.29 is 9.47 Å². The summed E-state index contributed by atoms with van der Waals surface area (Å²) in [6.07, 6.45) is 3.42. The molecule has 6 heteroatoms. The van der Waals surface area contributed by atoms with E-state index in [4.69, 9.17) is 15.3 Å². The van der Waals surface area contributed by atoms with Crippen molar-refractivity contribution in [2.75, 3.05) is 18.6 Å². The maximum atomic E-state index is 5.36. The van der Waals surface area contributed by atoms with E-state index in [0.717, 1.165) is 5.69 Å². The van der Waals surface area contributed by atoms with Crippen LogP contribution in [0.25, 0.3) is 0 Å². The molecule has 0 aliphatic rings. The SMILES string of the molecule is CC(C)OCCOCc1cnc(NN)cn1. The van der Waals surface area contributed by atoms with Crippen molar-refractivity contribution >= 4 is 5.82 Å². The van der Waals surface area contributed by atoms with Crippen LogP contribution in [0, 0.1) is 0 Å². The van der Waals surface area contributed by atoms with Gasteiger partial charge in [-0.2, -0.15) is 0 Å². The third-order valence-electron chi connectivity index (χ3n) is 1.78. The molecule has 1 aromatic rings. The molecule has 0 fully saturated rings. The minimum atomic E-state index is 0.235. The van der Waals surface area contributed by atoms with Crippen molar-refractivity contribution in [3.8, 4) is 0 Å². The van der Waals surface area contributed by atoms with E-state index in [0.29, 0.717) is 25.6 Å². The van der Waals surface area contributed by atoms with Gasteiger partial charge in [0, 0.05) is 0 Å². The van der Waals surface area contributed by atoms with Crippen LogP contribution >= 0.6 is 0 Å². The summed E-state index contributed by atoms with van der Waals surface area (Å²) in [5.74, 6) is 5.70. The predicted molar refractivity (Wildman–Crippen MR) is 60.6 cm³/mol. The molecule has 16 heavy (non-hydrogen) atoms. The number of nitrogens with two attached hydrogens (primary N) is 1. The highest BCUT2D eigenvalue weighted by atomic mass is 16.5. The normalized spacial score (nSPS) is 10.8. The second-order valence-electron chi connectivity index (χ2n) is 3.51. The molecule has 0 aliphatic carbocycles. The van der Waals surface area contributed by atoms with Crippen LogP contribution in [0.3, 0.4) is 0 Å². The van der Waals surface area contributed by atoms with E-state index in [1.807, 2.05) is 13.8 Å². The summed E-state index contributed by atoms with van der Waals surface area (Å²) >= 11 is 0. The first kappa shape index (κ1) is 12.8. The largest absolute Gasteiger partial charge is 0.376 e. The molecular formula is C10H18N4O2. The molecule has 0 spiro atoms. The molecule has 0 bridgehead atoms. The van der Waals surface area contributed by atoms with Crippen molar-refractivity contribution in [1.29, 1.82) is 0 Å². The Hall–Kier alpha value is -1.24. The number of anilines is 1. The van der Waals surface area contributed by atoms with E-state index in [1.165, 1.54) is 0 Å². The summed E-state index contributed by atoms with van der Waals surface area (Å²) in [6.45, 7) is 5.55. The highest BCUT2D eigenvalue weighted by Crippen LogP contribution is 2.00. The zero-order valence-corrected chi connectivity index (χ0v) is 9.64. The molecule has 0 atom stereocenters. The van der Waals surface area contributed by atoms with E-state index < -0.39 is 0 Å². The fraction of sp³-hybridized carbons (Fsp3) is 0.600. The second kappa shape index (κ2) is 7.10. The summed E-state index contributed by atoms with van der Waals surface area (Å²) in [7, 11) is 0. The molecule has 0 radical (unpaired) electrons. The average Bonchev–Trinajstić information content (AvgIpc) is 2.29. The van der Waals surface area contributed by atoms with Gasteiger partial charge >= 0.3 is 0 Å². The second-order valence-corrected chi connectivity index (χ2v) is 3.51. The van der Waals surface area contributed by atoms with E-state index in [9.17, 15) is 0 Å². The number of nitrogen functional groups attached to an aromatic ring is 1. The van der Waals surface area contributed by atoms with Crippen molar-refractivity contribution in [3.63, 3.8) is 0 Å². The Labute approximate surface area is 95.1 Å². The number of hydrogen-bond acceptors (Lipinski definition) is 6. The highest BCUT2D eigenvalue weighted by Gasteiger charge is 1.97. The molecule has 1 aromatic heterocycles. The van der Waals surface area contributed by atoms with E-state index in [1.54, 1.807) is 12.4 Å². The molecule has 90 valence electrons. The molecule has 1 heterocycles. The van der Waals surface area contributed by atoms with Crippen LogP contribution in [0.2, 0.25) is 0 Å². The zero-order chi connectivity index (χ0) is 11.8.